The Hall–Kier alpha value is -2.84. The minimum absolute atomic E-state index is 0.283. The predicted octanol–water partition coefficient (Wildman–Crippen LogP) is 6.16. The summed E-state index contributed by atoms with van der Waals surface area (Å²) in [6, 6.07) is 28.3. The van der Waals surface area contributed by atoms with Gasteiger partial charge in [-0.05, 0) is 58.0 Å². The van der Waals surface area contributed by atoms with Gasteiger partial charge in [0.25, 0.3) is 0 Å². The quantitative estimate of drug-likeness (QED) is 0.288. The first-order valence-electron chi connectivity index (χ1n) is 10.2. The smallest absolute Gasteiger partial charge is 0.0431 e. The highest BCUT2D eigenvalue weighted by Gasteiger charge is 2.09. The van der Waals surface area contributed by atoms with E-state index in [1.807, 2.05) is 0 Å². The highest BCUT2D eigenvalue weighted by Crippen LogP contribution is 2.31. The molecule has 4 aromatic carbocycles. The van der Waals surface area contributed by atoms with Crippen molar-refractivity contribution in [3.63, 3.8) is 0 Å². The highest BCUT2D eigenvalue weighted by molar-refractivity contribution is 6.09. The van der Waals surface area contributed by atoms with Gasteiger partial charge in [-0.15, -0.1) is 0 Å². The van der Waals surface area contributed by atoms with E-state index in [1.165, 1.54) is 38.4 Å². The Balaban J connectivity index is 1.65. The van der Waals surface area contributed by atoms with Crippen LogP contribution in [0, 0.1) is 0 Å². The average Bonchev–Trinajstić information content (AvgIpc) is 2.75. The van der Waals surface area contributed by atoms with E-state index in [0.717, 1.165) is 32.2 Å². The van der Waals surface area contributed by atoms with E-state index in [2.05, 4.69) is 84.2 Å². The third kappa shape index (κ3) is 4.02. The van der Waals surface area contributed by atoms with Gasteiger partial charge in [0.15, 0.2) is 0 Å². The van der Waals surface area contributed by atoms with Crippen LogP contribution < -0.4 is 5.32 Å². The number of hydrogen-bond donors (Lipinski definition) is 2. The third-order valence-electron chi connectivity index (χ3n) is 5.40. The van der Waals surface area contributed by atoms with Gasteiger partial charge < -0.3 is 10.4 Å². The van der Waals surface area contributed by atoms with Crippen LogP contribution in [0.5, 0.6) is 0 Å². The van der Waals surface area contributed by atoms with Crippen LogP contribution in [0.15, 0.2) is 78.9 Å². The van der Waals surface area contributed by atoms with E-state index in [0.29, 0.717) is 0 Å². The summed E-state index contributed by atoms with van der Waals surface area (Å²) in [5, 5.41) is 17.8. The Morgan fingerprint density at radius 3 is 2.21 bits per heavy atom. The van der Waals surface area contributed by atoms with Gasteiger partial charge in [-0.3, -0.25) is 0 Å². The fraction of sp³-hybridized carbons (Fsp3) is 0.231. The monoisotopic (exact) mass is 369 g/mol. The number of para-hydroxylation sites is 1. The van der Waals surface area contributed by atoms with Gasteiger partial charge in [0.2, 0.25) is 0 Å². The maximum atomic E-state index is 8.93. The van der Waals surface area contributed by atoms with E-state index in [4.69, 9.17) is 5.11 Å². The third-order valence-corrected chi connectivity index (χ3v) is 5.40. The number of fused-ring (bicyclic) bond motifs is 3. The first kappa shape index (κ1) is 18.5. The molecule has 0 aromatic heterocycles. The number of aliphatic hydroxyl groups excluding tert-OH is 1. The van der Waals surface area contributed by atoms with Crippen molar-refractivity contribution in [2.75, 3.05) is 18.5 Å². The van der Waals surface area contributed by atoms with E-state index >= 15 is 0 Å². The van der Waals surface area contributed by atoms with Crippen LogP contribution in [0.2, 0.25) is 0 Å². The van der Waals surface area contributed by atoms with Gasteiger partial charge in [0, 0.05) is 25.3 Å². The molecule has 142 valence electrons. The van der Waals surface area contributed by atoms with E-state index in [1.54, 1.807) is 0 Å². The number of rotatable bonds is 8. The first-order chi connectivity index (χ1) is 13.9. The summed E-state index contributed by atoms with van der Waals surface area (Å²) in [6.45, 7) is 1.22. The Kier molecular flexibility index (Phi) is 5.89. The lowest BCUT2D eigenvalue weighted by Crippen LogP contribution is -2.05. The Morgan fingerprint density at radius 2 is 1.36 bits per heavy atom. The summed E-state index contributed by atoms with van der Waals surface area (Å²) in [5.41, 5.74) is 3.90. The fourth-order valence-electron chi connectivity index (χ4n) is 3.97. The Labute approximate surface area is 166 Å². The molecule has 4 rings (SSSR count). The van der Waals surface area contributed by atoms with Crippen molar-refractivity contribution in [3.8, 4) is 0 Å². The molecule has 0 fully saturated rings. The van der Waals surface area contributed by atoms with E-state index < -0.39 is 0 Å². The van der Waals surface area contributed by atoms with Crippen molar-refractivity contribution in [2.24, 2.45) is 0 Å². The standard InChI is InChI=1S/C26H27NO/c28-17-9-1-8-16-27-26-15-7-3-11-21(26)19-22-18-20-10-2-4-12-23(20)25-14-6-5-13-24(22)25/h2-7,10-15,18,27-28H,1,8-9,16-17,19H2. The number of benzene rings is 4. The molecule has 2 nitrogen and oxygen atoms in total. The SMILES string of the molecule is OCCCCCNc1ccccc1Cc1cc2ccccc2c2ccccc12. The van der Waals surface area contributed by atoms with Gasteiger partial charge in [-0.2, -0.15) is 0 Å². The maximum Gasteiger partial charge on any atom is 0.0431 e. The minimum atomic E-state index is 0.283. The van der Waals surface area contributed by atoms with Gasteiger partial charge >= 0.3 is 0 Å². The van der Waals surface area contributed by atoms with Crippen molar-refractivity contribution in [1.29, 1.82) is 0 Å². The predicted molar refractivity (Wildman–Crippen MR) is 120 cm³/mol. The lowest BCUT2D eigenvalue weighted by Gasteiger charge is -2.15. The molecule has 0 heterocycles. The number of nitrogens with one attached hydrogen (secondary N) is 1. The van der Waals surface area contributed by atoms with Crippen LogP contribution in [-0.4, -0.2) is 18.3 Å². The molecule has 0 saturated carbocycles. The molecule has 0 aliphatic heterocycles. The average molecular weight is 370 g/mol. The van der Waals surface area contributed by atoms with Crippen molar-refractivity contribution < 1.29 is 5.11 Å². The molecule has 0 bridgehead atoms. The molecule has 0 aliphatic carbocycles. The number of aliphatic hydroxyl groups is 1. The van der Waals surface area contributed by atoms with Crippen LogP contribution in [0.1, 0.15) is 30.4 Å². The van der Waals surface area contributed by atoms with E-state index in [9.17, 15) is 0 Å². The second-order valence-corrected chi connectivity index (χ2v) is 7.35. The summed E-state index contributed by atoms with van der Waals surface area (Å²) in [5.74, 6) is 0. The summed E-state index contributed by atoms with van der Waals surface area (Å²) in [6.07, 6.45) is 3.92. The van der Waals surface area contributed by atoms with Crippen LogP contribution in [0.25, 0.3) is 21.5 Å². The summed E-state index contributed by atoms with van der Waals surface area (Å²) in [7, 11) is 0. The molecule has 0 aliphatic rings. The number of hydrogen-bond acceptors (Lipinski definition) is 2. The first-order valence-corrected chi connectivity index (χ1v) is 10.2. The second-order valence-electron chi connectivity index (χ2n) is 7.35. The molecule has 0 amide bonds. The molecule has 4 aromatic rings. The van der Waals surface area contributed by atoms with Crippen LogP contribution in [0.4, 0.5) is 5.69 Å². The molecule has 0 saturated heterocycles. The lowest BCUT2D eigenvalue weighted by atomic mass is 9.93. The van der Waals surface area contributed by atoms with Crippen molar-refractivity contribution in [2.45, 2.75) is 25.7 Å². The summed E-state index contributed by atoms with van der Waals surface area (Å²) < 4.78 is 0. The fourth-order valence-corrected chi connectivity index (χ4v) is 3.97. The van der Waals surface area contributed by atoms with Crippen molar-refractivity contribution >= 4 is 27.2 Å². The van der Waals surface area contributed by atoms with Gasteiger partial charge in [-0.25, -0.2) is 0 Å². The molecular formula is C26H27NO. The molecule has 0 radical (unpaired) electrons. The molecule has 2 heteroatoms. The Bertz CT molecular complexity index is 1070. The van der Waals surface area contributed by atoms with Gasteiger partial charge in [0.1, 0.15) is 0 Å². The normalized spacial score (nSPS) is 11.2. The molecular weight excluding hydrogens is 342 g/mol. The summed E-state index contributed by atoms with van der Waals surface area (Å²) in [4.78, 5) is 0. The topological polar surface area (TPSA) is 32.3 Å². The summed E-state index contributed by atoms with van der Waals surface area (Å²) >= 11 is 0. The van der Waals surface area contributed by atoms with Crippen LogP contribution >= 0.6 is 0 Å². The van der Waals surface area contributed by atoms with Crippen LogP contribution in [0.3, 0.4) is 0 Å². The zero-order valence-corrected chi connectivity index (χ0v) is 16.2. The molecule has 2 N–H and O–H groups in total. The Morgan fingerprint density at radius 1 is 0.643 bits per heavy atom. The number of unbranched alkanes of at least 4 members (excludes halogenated alkanes) is 2. The number of anilines is 1. The van der Waals surface area contributed by atoms with E-state index in [-0.39, 0.29) is 6.61 Å². The minimum Gasteiger partial charge on any atom is -0.396 e. The largest absolute Gasteiger partial charge is 0.396 e. The zero-order chi connectivity index (χ0) is 19.2. The van der Waals surface area contributed by atoms with Crippen LogP contribution in [-0.2, 0) is 6.42 Å². The molecule has 0 unspecified atom stereocenters. The lowest BCUT2D eigenvalue weighted by molar-refractivity contribution is 0.283. The second kappa shape index (κ2) is 8.90. The van der Waals surface area contributed by atoms with Crippen molar-refractivity contribution in [1.82, 2.24) is 0 Å². The molecule has 0 spiro atoms. The molecule has 0 atom stereocenters. The van der Waals surface area contributed by atoms with Gasteiger partial charge in [0.05, 0.1) is 0 Å². The van der Waals surface area contributed by atoms with Gasteiger partial charge in [-0.1, -0.05) is 72.8 Å². The van der Waals surface area contributed by atoms with Crippen molar-refractivity contribution in [3.05, 3.63) is 90.0 Å². The maximum absolute atomic E-state index is 8.93. The zero-order valence-electron chi connectivity index (χ0n) is 16.2. The molecule has 28 heavy (non-hydrogen) atoms. The highest BCUT2D eigenvalue weighted by atomic mass is 16.2.